The lowest BCUT2D eigenvalue weighted by atomic mass is 10.0. The van der Waals surface area contributed by atoms with Crippen LogP contribution in [-0.2, 0) is 4.74 Å². The molecule has 3 rings (SSSR count). The van der Waals surface area contributed by atoms with Crippen LogP contribution in [0.5, 0.6) is 0 Å². The number of hydrogen-bond donors (Lipinski definition) is 4. The number of halogens is 1. The van der Waals surface area contributed by atoms with E-state index < -0.39 is 37.3 Å². The molecule has 0 amide bonds. The number of fused-ring (bicyclic) bond motifs is 1. The van der Waals surface area contributed by atoms with E-state index in [1.165, 1.54) is 10.9 Å². The second-order valence-corrected chi connectivity index (χ2v) is 5.28. The molecule has 1 fully saturated rings. The van der Waals surface area contributed by atoms with Crippen LogP contribution in [0.1, 0.15) is 12.6 Å². The van der Waals surface area contributed by atoms with E-state index >= 15 is 0 Å². The molecule has 0 spiro atoms. The summed E-state index contributed by atoms with van der Waals surface area (Å²) >= 11 is 0. The number of hydrogen-bond acceptors (Lipinski definition) is 7. The Morgan fingerprint density at radius 1 is 1.41 bits per heavy atom. The number of aliphatic hydroxyl groups is 3. The average Bonchev–Trinajstić information content (AvgIpc) is 2.88. The molecule has 2 aromatic rings. The van der Waals surface area contributed by atoms with E-state index in [0.29, 0.717) is 11.0 Å². The lowest BCUT2D eigenvalue weighted by Gasteiger charge is -2.25. The first-order valence-electron chi connectivity index (χ1n) is 6.86. The van der Waals surface area contributed by atoms with Crippen molar-refractivity contribution in [2.75, 3.05) is 12.3 Å². The van der Waals surface area contributed by atoms with Crippen molar-refractivity contribution in [3.63, 3.8) is 0 Å². The third kappa shape index (κ3) is 2.41. The second-order valence-electron chi connectivity index (χ2n) is 5.28. The first kappa shape index (κ1) is 15.1. The van der Waals surface area contributed by atoms with Gasteiger partial charge in [0.05, 0.1) is 18.1 Å². The van der Waals surface area contributed by atoms with Gasteiger partial charge in [-0.25, -0.2) is 14.4 Å². The van der Waals surface area contributed by atoms with Crippen molar-refractivity contribution in [2.24, 2.45) is 0 Å². The van der Waals surface area contributed by atoms with Gasteiger partial charge in [-0.2, -0.15) is 0 Å². The molecule has 5 atom stereocenters. The van der Waals surface area contributed by atoms with Gasteiger partial charge in [0.25, 0.3) is 0 Å². The van der Waals surface area contributed by atoms with Crippen LogP contribution in [0.2, 0.25) is 0 Å². The average molecular weight is 312 g/mol. The highest BCUT2D eigenvalue weighted by atomic mass is 19.1. The first-order valence-corrected chi connectivity index (χ1v) is 6.86. The van der Waals surface area contributed by atoms with Crippen LogP contribution in [0.3, 0.4) is 0 Å². The fourth-order valence-electron chi connectivity index (χ4n) is 2.67. The fraction of sp³-hybridized carbons (Fsp3) is 0.538. The number of nitrogens with two attached hydrogens (primary N) is 1. The largest absolute Gasteiger partial charge is 0.394 e. The maximum Gasteiger partial charge on any atom is 0.167 e. The normalized spacial score (nSPS) is 33.0. The summed E-state index contributed by atoms with van der Waals surface area (Å²) in [4.78, 5) is 7.93. The highest BCUT2D eigenvalue weighted by Crippen LogP contribution is 2.32. The van der Waals surface area contributed by atoms with Crippen LogP contribution >= 0.6 is 0 Å². The molecular formula is C13H17FN4O4. The molecule has 5 N–H and O–H groups in total. The molecule has 8 nitrogen and oxygen atoms in total. The number of anilines is 1. The molecular weight excluding hydrogens is 295 g/mol. The van der Waals surface area contributed by atoms with Gasteiger partial charge in [-0.3, -0.25) is 0 Å². The van der Waals surface area contributed by atoms with Gasteiger partial charge in [0, 0.05) is 12.6 Å². The molecule has 0 saturated carbocycles. The minimum Gasteiger partial charge on any atom is -0.394 e. The number of alkyl halides is 1. The maximum atomic E-state index is 14.5. The zero-order valence-corrected chi connectivity index (χ0v) is 11.6. The number of ether oxygens (including phenoxy) is 1. The summed E-state index contributed by atoms with van der Waals surface area (Å²) in [6, 6.07) is 1.63. The Hall–Kier alpha value is -1.81. The predicted molar refractivity (Wildman–Crippen MR) is 74.5 cm³/mol. The minimum absolute atomic E-state index is 0.256. The smallest absolute Gasteiger partial charge is 0.167 e. The summed E-state index contributed by atoms with van der Waals surface area (Å²) in [5, 5.41) is 29.5. The molecule has 1 saturated heterocycles. The molecule has 120 valence electrons. The van der Waals surface area contributed by atoms with Crippen molar-refractivity contribution >= 4 is 16.9 Å². The topological polar surface area (TPSA) is 127 Å². The maximum absolute atomic E-state index is 14.5. The quantitative estimate of drug-likeness (QED) is 0.580. The number of nitrogens with zero attached hydrogens (tertiary/aromatic N) is 3. The van der Waals surface area contributed by atoms with Gasteiger partial charge in [0.15, 0.2) is 6.23 Å². The van der Waals surface area contributed by atoms with Gasteiger partial charge < -0.3 is 30.4 Å². The summed E-state index contributed by atoms with van der Waals surface area (Å²) in [7, 11) is 0. The molecule has 22 heavy (non-hydrogen) atoms. The SMILES string of the molecule is Nc1ncnc2c1ccn2[C@@H]1O[C@H](CO)[C@@H](O)[C@@H](O)C[C@@H]1F. The standard InChI is InChI=1S/C13H17FN4O4/c14-7-3-8(20)10(21)9(4-19)22-13(7)18-2-1-6-11(15)16-5-17-12(6)18/h1-2,5,7-10,13,19-21H,3-4H2,(H2,15,16,17)/t7-,8-,9+,10-,13+/m0/s1. The van der Waals surface area contributed by atoms with Crippen LogP contribution in [0.25, 0.3) is 11.0 Å². The summed E-state index contributed by atoms with van der Waals surface area (Å²) in [6.45, 7) is -0.544. The van der Waals surface area contributed by atoms with Crippen molar-refractivity contribution in [1.82, 2.24) is 14.5 Å². The molecule has 2 aromatic heterocycles. The Morgan fingerprint density at radius 2 is 2.18 bits per heavy atom. The van der Waals surface area contributed by atoms with E-state index in [2.05, 4.69) is 9.97 Å². The molecule has 9 heteroatoms. The Bertz CT molecular complexity index is 667. The highest BCUT2D eigenvalue weighted by molar-refractivity contribution is 5.86. The zero-order chi connectivity index (χ0) is 15.9. The van der Waals surface area contributed by atoms with Gasteiger partial charge in [-0.1, -0.05) is 0 Å². The Balaban J connectivity index is 2.02. The van der Waals surface area contributed by atoms with Gasteiger partial charge in [-0.15, -0.1) is 0 Å². The summed E-state index contributed by atoms with van der Waals surface area (Å²) in [6.07, 6.45) is -4.03. The predicted octanol–water partition coefficient (Wildman–Crippen LogP) is -0.647. The molecule has 3 heterocycles. The zero-order valence-electron chi connectivity index (χ0n) is 11.6. The molecule has 1 aliphatic heterocycles. The lowest BCUT2D eigenvalue weighted by molar-refractivity contribution is -0.137. The van der Waals surface area contributed by atoms with Crippen LogP contribution in [-0.4, -0.2) is 60.9 Å². The van der Waals surface area contributed by atoms with E-state index in [0.717, 1.165) is 0 Å². The van der Waals surface area contributed by atoms with Crippen molar-refractivity contribution in [3.05, 3.63) is 18.6 Å². The molecule has 1 aliphatic rings. The highest BCUT2D eigenvalue weighted by Gasteiger charge is 2.40. The van der Waals surface area contributed by atoms with Crippen LogP contribution in [0.15, 0.2) is 18.6 Å². The summed E-state index contributed by atoms with van der Waals surface area (Å²) < 4.78 is 21.4. The van der Waals surface area contributed by atoms with Crippen LogP contribution in [0, 0.1) is 0 Å². The van der Waals surface area contributed by atoms with E-state index in [9.17, 15) is 19.7 Å². The molecule has 0 bridgehead atoms. The third-order valence-electron chi connectivity index (χ3n) is 3.86. The number of nitrogen functional groups attached to an aromatic ring is 1. The first-order chi connectivity index (χ1) is 10.5. The monoisotopic (exact) mass is 312 g/mol. The Morgan fingerprint density at radius 3 is 2.91 bits per heavy atom. The summed E-state index contributed by atoms with van der Waals surface area (Å²) in [5.74, 6) is 0.256. The fourth-order valence-corrected chi connectivity index (χ4v) is 2.67. The van der Waals surface area contributed by atoms with Gasteiger partial charge in [0.2, 0.25) is 0 Å². The van der Waals surface area contributed by atoms with E-state index in [1.807, 2.05) is 0 Å². The number of aromatic nitrogens is 3. The van der Waals surface area contributed by atoms with Gasteiger partial charge >= 0.3 is 0 Å². The molecule has 0 unspecified atom stereocenters. The minimum atomic E-state index is -1.59. The number of rotatable bonds is 2. The van der Waals surface area contributed by atoms with E-state index in [4.69, 9.17) is 10.5 Å². The number of aliphatic hydroxyl groups excluding tert-OH is 3. The molecule has 0 radical (unpaired) electrons. The third-order valence-corrected chi connectivity index (χ3v) is 3.86. The van der Waals surface area contributed by atoms with Crippen molar-refractivity contribution in [1.29, 1.82) is 0 Å². The van der Waals surface area contributed by atoms with Crippen LogP contribution in [0.4, 0.5) is 10.2 Å². The van der Waals surface area contributed by atoms with E-state index in [1.54, 1.807) is 12.3 Å². The lowest BCUT2D eigenvalue weighted by Crippen LogP contribution is -2.39. The van der Waals surface area contributed by atoms with Crippen molar-refractivity contribution < 1.29 is 24.4 Å². The summed E-state index contributed by atoms with van der Waals surface area (Å²) in [5.41, 5.74) is 6.12. The Labute approximate surface area is 125 Å². The second kappa shape index (κ2) is 5.76. The van der Waals surface area contributed by atoms with Gasteiger partial charge in [0.1, 0.15) is 36.2 Å². The van der Waals surface area contributed by atoms with Crippen LogP contribution < -0.4 is 5.73 Å². The van der Waals surface area contributed by atoms with Crippen molar-refractivity contribution in [2.45, 2.75) is 37.1 Å². The van der Waals surface area contributed by atoms with Gasteiger partial charge in [-0.05, 0) is 6.07 Å². The molecule has 0 aromatic carbocycles. The van der Waals surface area contributed by atoms with Crippen molar-refractivity contribution in [3.8, 4) is 0 Å². The molecule has 0 aliphatic carbocycles. The van der Waals surface area contributed by atoms with E-state index in [-0.39, 0.29) is 12.2 Å². The Kier molecular flexibility index (Phi) is 3.96.